The molecule has 35 heavy (non-hydrogen) atoms. The molecule has 0 unspecified atom stereocenters. The number of carbonyl (C=O) groups excluding carboxylic acids is 2. The van der Waals surface area contributed by atoms with Crippen molar-refractivity contribution in [3.63, 3.8) is 0 Å². The monoisotopic (exact) mass is 472 g/mol. The number of hydrogen-bond acceptors (Lipinski definition) is 4. The summed E-state index contributed by atoms with van der Waals surface area (Å²) < 4.78 is 13.8. The standard InChI is InChI=1S/C28H29FN4O2/c1-19(34)33(17-7-16-32(2)3)23-13-11-22(12-14-23)30-27(20-8-5-4-6-9-20)26-24-15-10-21(29)18-25(24)31-28(26)35/h4-6,8-15,18,30H,7,16-17H2,1-3H3,(H,31,35)/b27-26-. The lowest BCUT2D eigenvalue weighted by Crippen LogP contribution is -2.31. The maximum absolute atomic E-state index is 13.8. The van der Waals surface area contributed by atoms with Gasteiger partial charge in [-0.3, -0.25) is 9.59 Å². The van der Waals surface area contributed by atoms with Crippen molar-refractivity contribution in [2.75, 3.05) is 42.7 Å². The fourth-order valence-corrected chi connectivity index (χ4v) is 4.16. The van der Waals surface area contributed by atoms with Crippen molar-refractivity contribution in [3.05, 3.63) is 89.7 Å². The molecular weight excluding hydrogens is 443 g/mol. The topological polar surface area (TPSA) is 64.7 Å². The molecule has 0 aromatic heterocycles. The summed E-state index contributed by atoms with van der Waals surface area (Å²) in [4.78, 5) is 29.0. The summed E-state index contributed by atoms with van der Waals surface area (Å²) in [5.74, 6) is -0.712. The molecule has 3 aromatic carbocycles. The zero-order valence-corrected chi connectivity index (χ0v) is 20.1. The van der Waals surface area contributed by atoms with Crippen LogP contribution in [0, 0.1) is 5.82 Å². The second-order valence-corrected chi connectivity index (χ2v) is 8.76. The number of hydrogen-bond donors (Lipinski definition) is 2. The molecule has 6 nitrogen and oxygen atoms in total. The van der Waals surface area contributed by atoms with Gasteiger partial charge in [0, 0.05) is 30.4 Å². The smallest absolute Gasteiger partial charge is 0.258 e. The molecule has 180 valence electrons. The third kappa shape index (κ3) is 5.58. The number of nitrogens with zero attached hydrogens (tertiary/aromatic N) is 2. The molecule has 0 atom stereocenters. The normalized spacial score (nSPS) is 13.9. The first-order valence-corrected chi connectivity index (χ1v) is 11.5. The summed E-state index contributed by atoms with van der Waals surface area (Å²) >= 11 is 0. The van der Waals surface area contributed by atoms with Gasteiger partial charge in [0.1, 0.15) is 5.82 Å². The quantitative estimate of drug-likeness (QED) is 0.450. The van der Waals surface area contributed by atoms with Crippen LogP contribution in [-0.4, -0.2) is 43.9 Å². The minimum atomic E-state index is -0.407. The highest BCUT2D eigenvalue weighted by Gasteiger charge is 2.28. The van der Waals surface area contributed by atoms with Crippen LogP contribution in [0.2, 0.25) is 0 Å². The van der Waals surface area contributed by atoms with Crippen LogP contribution in [-0.2, 0) is 9.59 Å². The molecule has 2 amide bonds. The lowest BCUT2D eigenvalue weighted by molar-refractivity contribution is -0.116. The van der Waals surface area contributed by atoms with Gasteiger partial charge >= 0.3 is 0 Å². The number of nitrogens with one attached hydrogen (secondary N) is 2. The Labute approximate surface area is 205 Å². The molecule has 0 radical (unpaired) electrons. The molecule has 0 saturated heterocycles. The van der Waals surface area contributed by atoms with E-state index in [2.05, 4.69) is 15.5 Å². The molecular formula is C28H29FN4O2. The molecule has 0 spiro atoms. The van der Waals surface area contributed by atoms with Crippen LogP contribution < -0.4 is 15.5 Å². The van der Waals surface area contributed by atoms with E-state index in [0.29, 0.717) is 29.1 Å². The molecule has 3 aromatic rings. The number of benzene rings is 3. The Morgan fingerprint density at radius 3 is 2.34 bits per heavy atom. The van der Waals surface area contributed by atoms with Gasteiger partial charge in [-0.25, -0.2) is 4.39 Å². The summed E-state index contributed by atoms with van der Waals surface area (Å²) in [6.07, 6.45) is 0.867. The van der Waals surface area contributed by atoms with E-state index in [0.717, 1.165) is 29.9 Å². The molecule has 0 saturated carbocycles. The van der Waals surface area contributed by atoms with Gasteiger partial charge < -0.3 is 20.4 Å². The lowest BCUT2D eigenvalue weighted by Gasteiger charge is -2.23. The average Bonchev–Trinajstić information content (AvgIpc) is 3.15. The second-order valence-electron chi connectivity index (χ2n) is 8.76. The largest absolute Gasteiger partial charge is 0.354 e. The first kappa shape index (κ1) is 24.2. The average molecular weight is 473 g/mol. The molecule has 7 heteroatoms. The highest BCUT2D eigenvalue weighted by molar-refractivity contribution is 6.37. The number of anilines is 3. The van der Waals surface area contributed by atoms with Gasteiger partial charge in [-0.2, -0.15) is 0 Å². The Kier molecular flexibility index (Phi) is 7.27. The molecule has 2 N–H and O–H groups in total. The fourth-order valence-electron chi connectivity index (χ4n) is 4.16. The molecule has 0 aliphatic carbocycles. The van der Waals surface area contributed by atoms with Gasteiger partial charge in [-0.05, 0) is 75.1 Å². The summed E-state index contributed by atoms with van der Waals surface area (Å²) in [5.41, 5.74) is 4.57. The van der Waals surface area contributed by atoms with Gasteiger partial charge in [-0.15, -0.1) is 0 Å². The van der Waals surface area contributed by atoms with Gasteiger partial charge in [-0.1, -0.05) is 30.3 Å². The van der Waals surface area contributed by atoms with E-state index in [4.69, 9.17) is 0 Å². The number of fused-ring (bicyclic) bond motifs is 1. The summed E-state index contributed by atoms with van der Waals surface area (Å²) in [7, 11) is 4.02. The molecule has 4 rings (SSSR count). The maximum atomic E-state index is 13.8. The number of amides is 2. The predicted octanol–water partition coefficient (Wildman–Crippen LogP) is 5.06. The summed E-state index contributed by atoms with van der Waals surface area (Å²) in [6.45, 7) is 3.09. The molecule has 1 aliphatic heterocycles. The Bertz CT molecular complexity index is 1250. The Morgan fingerprint density at radius 2 is 1.69 bits per heavy atom. The predicted molar refractivity (Wildman–Crippen MR) is 140 cm³/mol. The van der Waals surface area contributed by atoms with Crippen LogP contribution >= 0.6 is 0 Å². The van der Waals surface area contributed by atoms with Crippen molar-refractivity contribution < 1.29 is 14.0 Å². The van der Waals surface area contributed by atoms with E-state index in [1.54, 1.807) is 17.9 Å². The van der Waals surface area contributed by atoms with E-state index in [1.807, 2.05) is 68.7 Å². The fraction of sp³-hybridized carbons (Fsp3) is 0.214. The minimum Gasteiger partial charge on any atom is -0.354 e. The third-order valence-electron chi connectivity index (χ3n) is 5.85. The summed E-state index contributed by atoms with van der Waals surface area (Å²) in [5, 5.41) is 6.16. The van der Waals surface area contributed by atoms with Gasteiger partial charge in [0.05, 0.1) is 17.0 Å². The first-order chi connectivity index (χ1) is 16.8. The van der Waals surface area contributed by atoms with Crippen LogP contribution in [0.5, 0.6) is 0 Å². The first-order valence-electron chi connectivity index (χ1n) is 11.5. The van der Waals surface area contributed by atoms with E-state index in [1.165, 1.54) is 12.1 Å². The summed E-state index contributed by atoms with van der Waals surface area (Å²) in [6, 6.07) is 21.4. The van der Waals surface area contributed by atoms with Crippen molar-refractivity contribution in [1.29, 1.82) is 0 Å². The van der Waals surface area contributed by atoms with Crippen molar-refractivity contribution in [2.45, 2.75) is 13.3 Å². The van der Waals surface area contributed by atoms with Crippen LogP contribution in [0.4, 0.5) is 21.5 Å². The van der Waals surface area contributed by atoms with E-state index in [-0.39, 0.29) is 11.8 Å². The van der Waals surface area contributed by atoms with Crippen LogP contribution in [0.3, 0.4) is 0 Å². The maximum Gasteiger partial charge on any atom is 0.258 e. The number of halogens is 1. The van der Waals surface area contributed by atoms with Crippen molar-refractivity contribution in [1.82, 2.24) is 4.90 Å². The van der Waals surface area contributed by atoms with Crippen LogP contribution in [0.25, 0.3) is 11.3 Å². The SMILES string of the molecule is CC(=O)N(CCCN(C)C)c1ccc(N/C(=C2\C(=O)Nc3cc(F)ccc32)c2ccccc2)cc1. The Hall–Kier alpha value is -3.97. The van der Waals surface area contributed by atoms with E-state index in [9.17, 15) is 14.0 Å². The third-order valence-corrected chi connectivity index (χ3v) is 5.85. The van der Waals surface area contributed by atoms with E-state index >= 15 is 0 Å². The Balaban J connectivity index is 1.66. The van der Waals surface area contributed by atoms with Crippen molar-refractivity contribution in [3.8, 4) is 0 Å². The highest BCUT2D eigenvalue weighted by Crippen LogP contribution is 2.38. The molecule has 1 aliphatic rings. The number of rotatable bonds is 8. The van der Waals surface area contributed by atoms with Gasteiger partial charge in [0.15, 0.2) is 0 Å². The zero-order valence-electron chi connectivity index (χ0n) is 20.1. The van der Waals surface area contributed by atoms with E-state index < -0.39 is 5.82 Å². The van der Waals surface area contributed by atoms with Gasteiger partial charge in [0.25, 0.3) is 5.91 Å². The highest BCUT2D eigenvalue weighted by atomic mass is 19.1. The number of carbonyl (C=O) groups is 2. The molecule has 0 fully saturated rings. The minimum absolute atomic E-state index is 0.0111. The zero-order chi connectivity index (χ0) is 24.9. The second kappa shape index (κ2) is 10.5. The van der Waals surface area contributed by atoms with Crippen molar-refractivity contribution in [2.24, 2.45) is 0 Å². The Morgan fingerprint density at radius 1 is 0.971 bits per heavy atom. The molecule has 1 heterocycles. The molecule has 0 bridgehead atoms. The van der Waals surface area contributed by atoms with Gasteiger partial charge in [0.2, 0.25) is 5.91 Å². The van der Waals surface area contributed by atoms with Crippen LogP contribution in [0.15, 0.2) is 72.8 Å². The van der Waals surface area contributed by atoms with Crippen molar-refractivity contribution >= 4 is 40.1 Å². The van der Waals surface area contributed by atoms with Crippen LogP contribution in [0.1, 0.15) is 24.5 Å². The lowest BCUT2D eigenvalue weighted by atomic mass is 10.00.